The van der Waals surface area contributed by atoms with E-state index in [9.17, 15) is 13.2 Å². The lowest BCUT2D eigenvalue weighted by atomic mass is 10.2. The van der Waals surface area contributed by atoms with Crippen molar-refractivity contribution >= 4 is 15.7 Å². The largest absolute Gasteiger partial charge is 0.335 e. The highest BCUT2D eigenvalue weighted by Gasteiger charge is 2.31. The van der Waals surface area contributed by atoms with Gasteiger partial charge in [0, 0.05) is 5.92 Å². The van der Waals surface area contributed by atoms with Gasteiger partial charge in [0.2, 0.25) is 15.7 Å². The molecule has 0 aromatic heterocycles. The molecule has 1 amide bonds. The van der Waals surface area contributed by atoms with Crippen molar-refractivity contribution in [2.75, 3.05) is 0 Å². The molecule has 0 aliphatic carbocycles. The van der Waals surface area contributed by atoms with Crippen molar-refractivity contribution in [2.24, 2.45) is 5.92 Å². The number of amides is 1. The van der Waals surface area contributed by atoms with E-state index in [2.05, 4.69) is 5.32 Å². The summed E-state index contributed by atoms with van der Waals surface area (Å²) in [4.78, 5) is 12.3. The Hall–Kier alpha value is -2.14. The van der Waals surface area contributed by atoms with Gasteiger partial charge in [0.1, 0.15) is 0 Å². The van der Waals surface area contributed by atoms with E-state index < -0.39 is 15.2 Å². The highest BCUT2D eigenvalue weighted by molar-refractivity contribution is 7.91. The van der Waals surface area contributed by atoms with Gasteiger partial charge >= 0.3 is 0 Å². The van der Waals surface area contributed by atoms with Crippen molar-refractivity contribution in [3.8, 4) is 0 Å². The maximum Gasteiger partial charge on any atom is 0.223 e. The lowest BCUT2D eigenvalue weighted by Crippen LogP contribution is -2.36. The van der Waals surface area contributed by atoms with Gasteiger partial charge in [-0.15, -0.1) is 0 Å². The van der Waals surface area contributed by atoms with Gasteiger partial charge in [-0.3, -0.25) is 4.79 Å². The molecule has 0 saturated heterocycles. The molecule has 122 valence electrons. The van der Waals surface area contributed by atoms with Crippen LogP contribution in [0.1, 0.15) is 30.3 Å². The van der Waals surface area contributed by atoms with Crippen molar-refractivity contribution in [2.45, 2.75) is 31.0 Å². The number of benzene rings is 2. The molecule has 1 atom stereocenters. The Kier molecular flexibility index (Phi) is 5.21. The smallest absolute Gasteiger partial charge is 0.223 e. The molecule has 0 radical (unpaired) electrons. The molecule has 2 aromatic carbocycles. The summed E-state index contributed by atoms with van der Waals surface area (Å²) < 4.78 is 26.0. The third-order valence-electron chi connectivity index (χ3n) is 3.56. The van der Waals surface area contributed by atoms with Gasteiger partial charge in [0.15, 0.2) is 5.37 Å². The Labute approximate surface area is 137 Å². The van der Waals surface area contributed by atoms with E-state index in [0.717, 1.165) is 5.56 Å². The highest BCUT2D eigenvalue weighted by Crippen LogP contribution is 2.27. The zero-order valence-electron chi connectivity index (χ0n) is 13.5. The van der Waals surface area contributed by atoms with E-state index in [-0.39, 0.29) is 16.7 Å². The summed E-state index contributed by atoms with van der Waals surface area (Å²) >= 11 is 0. The van der Waals surface area contributed by atoms with Crippen LogP contribution in [0.4, 0.5) is 0 Å². The number of rotatable bonds is 5. The van der Waals surface area contributed by atoms with Crippen molar-refractivity contribution in [3.05, 3.63) is 65.7 Å². The molecule has 4 nitrogen and oxygen atoms in total. The Morgan fingerprint density at radius 1 is 0.957 bits per heavy atom. The molecule has 0 heterocycles. The molecule has 0 saturated carbocycles. The first kappa shape index (κ1) is 17.2. The number of nitrogens with one attached hydrogen (secondary N) is 1. The fourth-order valence-electron chi connectivity index (χ4n) is 2.13. The zero-order chi connectivity index (χ0) is 17.0. The van der Waals surface area contributed by atoms with E-state index in [4.69, 9.17) is 0 Å². The van der Waals surface area contributed by atoms with Crippen LogP contribution in [-0.4, -0.2) is 14.3 Å². The average molecular weight is 331 g/mol. The first-order valence-corrected chi connectivity index (χ1v) is 9.03. The summed E-state index contributed by atoms with van der Waals surface area (Å²) in [5, 5.41) is 1.56. The van der Waals surface area contributed by atoms with Crippen LogP contribution in [-0.2, 0) is 14.6 Å². The number of hydrogen-bond acceptors (Lipinski definition) is 3. The summed E-state index contributed by atoms with van der Waals surface area (Å²) in [7, 11) is -3.73. The first-order valence-electron chi connectivity index (χ1n) is 7.48. The Morgan fingerprint density at radius 2 is 1.52 bits per heavy atom. The molecule has 1 N–H and O–H groups in total. The van der Waals surface area contributed by atoms with Crippen LogP contribution >= 0.6 is 0 Å². The topological polar surface area (TPSA) is 63.2 Å². The minimum absolute atomic E-state index is 0.195. The van der Waals surface area contributed by atoms with Crippen LogP contribution in [0.25, 0.3) is 0 Å². The van der Waals surface area contributed by atoms with Crippen molar-refractivity contribution in [1.29, 1.82) is 0 Å². The predicted octanol–water partition coefficient (Wildman–Crippen LogP) is 3.24. The predicted molar refractivity (Wildman–Crippen MR) is 90.5 cm³/mol. The molecule has 0 aliphatic heterocycles. The SMILES string of the molecule is Cc1ccc(S(=O)(=O)C(NC(=O)C(C)C)c2ccccc2)cc1. The van der Waals surface area contributed by atoms with Gasteiger partial charge in [0.05, 0.1) is 4.90 Å². The van der Waals surface area contributed by atoms with Crippen molar-refractivity contribution in [1.82, 2.24) is 5.32 Å². The lowest BCUT2D eigenvalue weighted by molar-refractivity contribution is -0.124. The third kappa shape index (κ3) is 3.99. The van der Waals surface area contributed by atoms with Crippen LogP contribution in [0.2, 0.25) is 0 Å². The Bertz CT molecular complexity index is 766. The molecule has 0 bridgehead atoms. The minimum atomic E-state index is -3.73. The van der Waals surface area contributed by atoms with E-state index in [1.165, 1.54) is 0 Å². The van der Waals surface area contributed by atoms with Gasteiger partial charge in [-0.25, -0.2) is 8.42 Å². The van der Waals surface area contributed by atoms with E-state index in [0.29, 0.717) is 5.56 Å². The number of aryl methyl sites for hydroxylation is 1. The summed E-state index contributed by atoms with van der Waals surface area (Å²) in [6, 6.07) is 15.4. The molecule has 0 fully saturated rings. The number of carbonyl (C=O) groups is 1. The maximum absolute atomic E-state index is 13.0. The molecule has 0 spiro atoms. The summed E-state index contributed by atoms with van der Waals surface area (Å²) in [6.45, 7) is 5.36. The van der Waals surface area contributed by atoms with Crippen LogP contribution in [0.15, 0.2) is 59.5 Å². The van der Waals surface area contributed by atoms with E-state index in [1.54, 1.807) is 62.4 Å². The van der Waals surface area contributed by atoms with Crippen LogP contribution in [0.3, 0.4) is 0 Å². The fourth-order valence-corrected chi connectivity index (χ4v) is 3.70. The van der Waals surface area contributed by atoms with E-state index in [1.807, 2.05) is 13.0 Å². The molecule has 5 heteroatoms. The summed E-state index contributed by atoms with van der Waals surface area (Å²) in [5.74, 6) is -0.594. The molecule has 1 unspecified atom stereocenters. The first-order chi connectivity index (χ1) is 10.8. The van der Waals surface area contributed by atoms with Gasteiger partial charge in [0.25, 0.3) is 0 Å². The monoisotopic (exact) mass is 331 g/mol. The second-order valence-electron chi connectivity index (χ2n) is 5.81. The zero-order valence-corrected chi connectivity index (χ0v) is 14.3. The van der Waals surface area contributed by atoms with Crippen LogP contribution < -0.4 is 5.32 Å². The third-order valence-corrected chi connectivity index (χ3v) is 5.50. The summed E-state index contributed by atoms with van der Waals surface area (Å²) in [5.41, 5.74) is 1.52. The second kappa shape index (κ2) is 6.96. The van der Waals surface area contributed by atoms with E-state index >= 15 is 0 Å². The standard InChI is InChI=1S/C18H21NO3S/c1-13(2)17(20)19-18(15-7-5-4-6-8-15)23(21,22)16-11-9-14(3)10-12-16/h4-13,18H,1-3H3,(H,19,20). The van der Waals surface area contributed by atoms with Gasteiger partial charge < -0.3 is 5.32 Å². The number of hydrogen-bond donors (Lipinski definition) is 1. The van der Waals surface area contributed by atoms with Crippen molar-refractivity contribution < 1.29 is 13.2 Å². The molecular formula is C18H21NO3S. The van der Waals surface area contributed by atoms with Crippen LogP contribution in [0.5, 0.6) is 0 Å². The second-order valence-corrected chi connectivity index (χ2v) is 7.84. The molecule has 2 rings (SSSR count). The quantitative estimate of drug-likeness (QED) is 0.915. The Morgan fingerprint density at radius 3 is 2.04 bits per heavy atom. The van der Waals surface area contributed by atoms with Crippen molar-refractivity contribution in [3.63, 3.8) is 0 Å². The molecule has 0 aliphatic rings. The van der Waals surface area contributed by atoms with Gasteiger partial charge in [-0.2, -0.15) is 0 Å². The van der Waals surface area contributed by atoms with Gasteiger partial charge in [-0.1, -0.05) is 61.9 Å². The molecule has 2 aromatic rings. The Balaban J connectivity index is 2.48. The lowest BCUT2D eigenvalue weighted by Gasteiger charge is -2.21. The normalized spacial score (nSPS) is 12.9. The molecular weight excluding hydrogens is 310 g/mol. The number of carbonyl (C=O) groups excluding carboxylic acids is 1. The minimum Gasteiger partial charge on any atom is -0.335 e. The maximum atomic E-state index is 13.0. The summed E-state index contributed by atoms with van der Waals surface area (Å²) in [6.07, 6.45) is 0. The van der Waals surface area contributed by atoms with Crippen LogP contribution in [0, 0.1) is 12.8 Å². The van der Waals surface area contributed by atoms with Gasteiger partial charge in [-0.05, 0) is 24.6 Å². The fraction of sp³-hybridized carbons (Fsp3) is 0.278. The molecule has 23 heavy (non-hydrogen) atoms. The average Bonchev–Trinajstić information content (AvgIpc) is 2.53. The number of sulfone groups is 1. The highest BCUT2D eigenvalue weighted by atomic mass is 32.2.